The van der Waals surface area contributed by atoms with Crippen molar-refractivity contribution in [3.63, 3.8) is 0 Å². The summed E-state index contributed by atoms with van der Waals surface area (Å²) >= 11 is 11.3. The van der Waals surface area contributed by atoms with Crippen LogP contribution in [0.4, 0.5) is 0 Å². The monoisotopic (exact) mass is 280 g/mol. The van der Waals surface area contributed by atoms with Gasteiger partial charge in [-0.1, -0.05) is 23.2 Å². The minimum absolute atomic E-state index is 0.361. The maximum absolute atomic E-state index is 10.9. The predicted octanol–water partition coefficient (Wildman–Crippen LogP) is 4.10. The van der Waals surface area contributed by atoms with Crippen molar-refractivity contribution in [1.82, 2.24) is 0 Å². The van der Waals surface area contributed by atoms with E-state index in [1.165, 1.54) is 11.3 Å². The molecule has 0 amide bonds. The lowest BCUT2D eigenvalue weighted by atomic mass is 10.2. The van der Waals surface area contributed by atoms with Crippen LogP contribution in [0, 0.1) is 6.92 Å². The van der Waals surface area contributed by atoms with Crippen LogP contribution in [-0.2, 0) is 11.1 Å². The van der Waals surface area contributed by atoms with Crippen LogP contribution in [0.2, 0.25) is 10.0 Å². The number of fused-ring (bicyclic) bond motifs is 1. The molecule has 1 aromatic heterocycles. The lowest BCUT2D eigenvalue weighted by molar-refractivity contribution is 0.566. The Hall–Kier alpha value is -0.130. The molecule has 0 spiro atoms. The number of thiophene rings is 1. The average Bonchev–Trinajstić information content (AvgIpc) is 2.59. The molecule has 0 saturated heterocycles. The molecular weight excluding hydrogens is 275 g/mol. The molecule has 1 atom stereocenters. The van der Waals surface area contributed by atoms with Crippen LogP contribution in [0.1, 0.15) is 5.56 Å². The second kappa shape index (κ2) is 4.03. The molecule has 0 aliphatic carbocycles. The van der Waals surface area contributed by atoms with Crippen molar-refractivity contribution in [3.05, 3.63) is 27.7 Å². The van der Waals surface area contributed by atoms with Gasteiger partial charge in [-0.15, -0.1) is 11.3 Å². The molecule has 0 fully saturated rings. The van der Waals surface area contributed by atoms with Gasteiger partial charge in [0.25, 0.3) is 0 Å². The molecule has 0 saturated carbocycles. The highest BCUT2D eigenvalue weighted by atomic mass is 35.5. The fraction of sp³-hybridized carbons (Fsp3) is 0.111. The second-order valence-corrected chi connectivity index (χ2v) is 6.08. The van der Waals surface area contributed by atoms with Crippen LogP contribution in [0.25, 0.3) is 10.1 Å². The number of benzene rings is 1. The molecule has 2 nitrogen and oxygen atoms in total. The molecule has 0 radical (unpaired) electrons. The van der Waals surface area contributed by atoms with Gasteiger partial charge >= 0.3 is 0 Å². The lowest BCUT2D eigenvalue weighted by Gasteiger charge is -2.00. The van der Waals surface area contributed by atoms with E-state index in [0.29, 0.717) is 14.3 Å². The number of halogens is 2. The van der Waals surface area contributed by atoms with Gasteiger partial charge in [0.2, 0.25) is 0 Å². The molecule has 0 aliphatic rings. The van der Waals surface area contributed by atoms with Gasteiger partial charge in [-0.2, -0.15) is 0 Å². The smallest absolute Gasteiger partial charge is 0.196 e. The second-order valence-electron chi connectivity index (χ2n) is 3.05. The maximum atomic E-state index is 10.9. The van der Waals surface area contributed by atoms with E-state index in [0.717, 1.165) is 15.6 Å². The third-order valence-corrected chi connectivity index (χ3v) is 5.04. The summed E-state index contributed by atoms with van der Waals surface area (Å²) in [5.74, 6) is 0. The molecule has 15 heavy (non-hydrogen) atoms. The van der Waals surface area contributed by atoms with Gasteiger partial charge in [-0.25, -0.2) is 4.21 Å². The summed E-state index contributed by atoms with van der Waals surface area (Å²) in [7, 11) is 0. The quantitative estimate of drug-likeness (QED) is 0.799. The molecular formula is C9H6Cl2O2S2. The first-order chi connectivity index (χ1) is 7.00. The van der Waals surface area contributed by atoms with E-state index in [4.69, 9.17) is 27.8 Å². The van der Waals surface area contributed by atoms with Crippen molar-refractivity contribution in [2.75, 3.05) is 0 Å². The van der Waals surface area contributed by atoms with Crippen LogP contribution in [0.15, 0.2) is 16.3 Å². The minimum Gasteiger partial charge on any atom is -0.302 e. The lowest BCUT2D eigenvalue weighted by Crippen LogP contribution is -1.80. The van der Waals surface area contributed by atoms with Gasteiger partial charge < -0.3 is 4.55 Å². The summed E-state index contributed by atoms with van der Waals surface area (Å²) in [5, 5.41) is 1.89. The summed E-state index contributed by atoms with van der Waals surface area (Å²) in [4.78, 5) is 0. The molecule has 1 aromatic carbocycles. The predicted molar refractivity (Wildman–Crippen MR) is 65.6 cm³/mol. The molecule has 1 unspecified atom stereocenters. The largest absolute Gasteiger partial charge is 0.302 e. The van der Waals surface area contributed by atoms with Crippen LogP contribution >= 0.6 is 34.5 Å². The highest BCUT2D eigenvalue weighted by Gasteiger charge is 2.13. The summed E-state index contributed by atoms with van der Waals surface area (Å²) in [5.41, 5.74) is 0.863. The van der Waals surface area contributed by atoms with Gasteiger partial charge in [0.05, 0.1) is 14.7 Å². The van der Waals surface area contributed by atoms with E-state index >= 15 is 0 Å². The number of aryl methyl sites for hydroxylation is 1. The molecule has 1 N–H and O–H groups in total. The van der Waals surface area contributed by atoms with Crippen LogP contribution in [0.3, 0.4) is 0 Å². The van der Waals surface area contributed by atoms with Gasteiger partial charge in [0, 0.05) is 5.39 Å². The van der Waals surface area contributed by atoms with Gasteiger partial charge in [-0.05, 0) is 24.6 Å². The minimum atomic E-state index is -1.98. The van der Waals surface area contributed by atoms with Crippen molar-refractivity contribution in [2.45, 2.75) is 11.1 Å². The Morgan fingerprint density at radius 2 is 2.07 bits per heavy atom. The van der Waals surface area contributed by atoms with Gasteiger partial charge in [0.1, 0.15) is 4.21 Å². The average molecular weight is 281 g/mol. The third-order valence-electron chi connectivity index (χ3n) is 2.02. The first-order valence-electron chi connectivity index (χ1n) is 3.99. The first-order valence-corrected chi connectivity index (χ1v) is 6.67. The number of rotatable bonds is 1. The Morgan fingerprint density at radius 3 is 2.67 bits per heavy atom. The van der Waals surface area contributed by atoms with Crippen molar-refractivity contribution in [3.8, 4) is 0 Å². The van der Waals surface area contributed by atoms with Crippen LogP contribution in [0.5, 0.6) is 0 Å². The molecule has 1 heterocycles. The zero-order valence-electron chi connectivity index (χ0n) is 7.58. The van der Waals surface area contributed by atoms with Crippen molar-refractivity contribution >= 4 is 55.7 Å². The van der Waals surface area contributed by atoms with E-state index < -0.39 is 11.1 Å². The molecule has 2 rings (SSSR count). The van der Waals surface area contributed by atoms with Crippen LogP contribution in [-0.4, -0.2) is 8.76 Å². The summed E-state index contributed by atoms with van der Waals surface area (Å²) in [6, 6.07) is 3.37. The Morgan fingerprint density at radius 1 is 1.40 bits per heavy atom. The zero-order valence-corrected chi connectivity index (χ0v) is 10.7. The Labute approximate surface area is 103 Å². The summed E-state index contributed by atoms with van der Waals surface area (Å²) in [6.45, 7) is 1.85. The Bertz CT molecular complexity index is 563. The van der Waals surface area contributed by atoms with Crippen molar-refractivity contribution in [2.24, 2.45) is 0 Å². The van der Waals surface area contributed by atoms with Crippen LogP contribution < -0.4 is 0 Å². The first kappa shape index (κ1) is 11.4. The number of hydrogen-bond acceptors (Lipinski definition) is 2. The normalized spacial score (nSPS) is 13.3. The SMILES string of the molecule is Cc1cc(Cl)c2sc(S(=O)O)cc2c1Cl. The Balaban J connectivity index is 2.85. The van der Waals surface area contributed by atoms with Gasteiger partial charge in [0.15, 0.2) is 11.1 Å². The highest BCUT2D eigenvalue weighted by molar-refractivity contribution is 7.82. The Kier molecular flexibility index (Phi) is 3.05. The molecule has 80 valence electrons. The van der Waals surface area contributed by atoms with E-state index in [-0.39, 0.29) is 0 Å². The summed E-state index contributed by atoms with van der Waals surface area (Å²) < 4.78 is 21.0. The molecule has 0 bridgehead atoms. The summed E-state index contributed by atoms with van der Waals surface area (Å²) in [6.07, 6.45) is 0. The standard InChI is InChI=1S/C9H6Cl2O2S2/c1-4-2-6(10)9-5(8(4)11)3-7(14-9)15(12)13/h2-3H,1H3,(H,12,13). The molecule has 2 aromatic rings. The molecule has 6 heteroatoms. The highest BCUT2D eigenvalue weighted by Crippen LogP contribution is 2.39. The van der Waals surface area contributed by atoms with Gasteiger partial charge in [-0.3, -0.25) is 0 Å². The van der Waals surface area contributed by atoms with Crippen molar-refractivity contribution in [1.29, 1.82) is 0 Å². The fourth-order valence-corrected chi connectivity index (χ4v) is 3.53. The van der Waals surface area contributed by atoms with Crippen molar-refractivity contribution < 1.29 is 8.76 Å². The molecule has 0 aliphatic heterocycles. The number of hydrogen-bond donors (Lipinski definition) is 1. The van der Waals surface area contributed by atoms with E-state index in [2.05, 4.69) is 0 Å². The van der Waals surface area contributed by atoms with E-state index in [1.54, 1.807) is 12.1 Å². The fourth-order valence-electron chi connectivity index (χ4n) is 1.33. The van der Waals surface area contributed by atoms with E-state index in [1.807, 2.05) is 6.92 Å². The third kappa shape index (κ3) is 1.92. The zero-order chi connectivity index (χ0) is 11.2. The maximum Gasteiger partial charge on any atom is 0.196 e. The topological polar surface area (TPSA) is 37.3 Å². The van der Waals surface area contributed by atoms with E-state index in [9.17, 15) is 4.21 Å².